The quantitative estimate of drug-likeness (QED) is 0.696. The predicted molar refractivity (Wildman–Crippen MR) is 104 cm³/mol. The Bertz CT molecular complexity index is 499. The molecule has 8 nitrogen and oxygen atoms in total. The van der Waals surface area contributed by atoms with Crippen LogP contribution in [0.15, 0.2) is 0 Å². The van der Waals surface area contributed by atoms with Crippen LogP contribution in [-0.2, 0) is 19.1 Å². The van der Waals surface area contributed by atoms with Crippen LogP contribution in [0.5, 0.6) is 0 Å². The van der Waals surface area contributed by atoms with Crippen molar-refractivity contribution in [2.24, 2.45) is 5.92 Å². The normalized spacial score (nSPS) is 29.5. The molecule has 1 saturated heterocycles. The lowest BCUT2D eigenvalue weighted by atomic mass is 9.84. The SMILES string of the molecule is CO[C@H]1CN(C(C)=O)CCCN(C(=O)C2CCC2)CCCCOC[C@H](O)[C@@H]1O. The molecule has 0 radical (unpaired) electrons. The number of aliphatic hydroxyl groups is 2. The molecule has 0 spiro atoms. The van der Waals surface area contributed by atoms with Crippen LogP contribution in [0.4, 0.5) is 0 Å². The average Bonchev–Trinajstić information content (AvgIpc) is 2.62. The maximum absolute atomic E-state index is 12.7. The van der Waals surface area contributed by atoms with Crippen LogP contribution in [0.25, 0.3) is 0 Å². The highest BCUT2D eigenvalue weighted by atomic mass is 16.5. The number of carbonyl (C=O) groups is 2. The summed E-state index contributed by atoms with van der Waals surface area (Å²) >= 11 is 0. The van der Waals surface area contributed by atoms with E-state index in [-0.39, 0.29) is 30.9 Å². The van der Waals surface area contributed by atoms with Crippen molar-refractivity contribution in [3.05, 3.63) is 0 Å². The van der Waals surface area contributed by atoms with Crippen molar-refractivity contribution in [3.63, 3.8) is 0 Å². The summed E-state index contributed by atoms with van der Waals surface area (Å²) < 4.78 is 10.8. The molecule has 1 aliphatic heterocycles. The molecule has 2 fully saturated rings. The summed E-state index contributed by atoms with van der Waals surface area (Å²) in [4.78, 5) is 28.3. The third kappa shape index (κ3) is 6.69. The van der Waals surface area contributed by atoms with Crippen LogP contribution in [0.3, 0.4) is 0 Å². The highest BCUT2D eigenvalue weighted by Crippen LogP contribution is 2.28. The molecule has 2 aliphatic rings. The third-order valence-electron chi connectivity index (χ3n) is 5.80. The van der Waals surface area contributed by atoms with E-state index in [0.29, 0.717) is 32.7 Å². The molecule has 2 N–H and O–H groups in total. The molecule has 8 heteroatoms. The number of aliphatic hydroxyl groups excluding tert-OH is 2. The van der Waals surface area contributed by atoms with E-state index in [1.807, 2.05) is 4.90 Å². The Kier molecular flexibility index (Phi) is 9.64. The van der Waals surface area contributed by atoms with Gasteiger partial charge in [0.15, 0.2) is 0 Å². The number of amides is 2. The Labute approximate surface area is 167 Å². The summed E-state index contributed by atoms with van der Waals surface area (Å²) in [5, 5.41) is 20.5. The van der Waals surface area contributed by atoms with Crippen LogP contribution in [0, 0.1) is 5.92 Å². The van der Waals surface area contributed by atoms with Gasteiger partial charge in [0.1, 0.15) is 18.3 Å². The van der Waals surface area contributed by atoms with E-state index in [2.05, 4.69) is 0 Å². The smallest absolute Gasteiger partial charge is 0.225 e. The van der Waals surface area contributed by atoms with Gasteiger partial charge in [0.25, 0.3) is 0 Å². The second-order valence-electron chi connectivity index (χ2n) is 7.89. The molecule has 2 amide bonds. The van der Waals surface area contributed by atoms with Gasteiger partial charge in [-0.25, -0.2) is 0 Å². The van der Waals surface area contributed by atoms with Crippen LogP contribution in [0.2, 0.25) is 0 Å². The van der Waals surface area contributed by atoms with Crippen LogP contribution in [0.1, 0.15) is 45.4 Å². The molecule has 162 valence electrons. The molecule has 28 heavy (non-hydrogen) atoms. The molecule has 0 aromatic carbocycles. The molecule has 0 aromatic heterocycles. The lowest BCUT2D eigenvalue weighted by Gasteiger charge is -2.33. The fraction of sp³-hybridized carbons (Fsp3) is 0.900. The zero-order valence-electron chi connectivity index (χ0n) is 17.2. The number of rotatable bonds is 2. The van der Waals surface area contributed by atoms with Crippen molar-refractivity contribution in [1.29, 1.82) is 0 Å². The van der Waals surface area contributed by atoms with E-state index in [1.165, 1.54) is 14.0 Å². The number of carbonyl (C=O) groups excluding carboxylic acids is 2. The Balaban J connectivity index is 2.04. The van der Waals surface area contributed by atoms with Crippen molar-refractivity contribution in [3.8, 4) is 0 Å². The summed E-state index contributed by atoms with van der Waals surface area (Å²) in [6.45, 7) is 3.90. The molecular formula is C20H36N2O6. The Hall–Kier alpha value is -1.22. The molecular weight excluding hydrogens is 364 g/mol. The van der Waals surface area contributed by atoms with E-state index >= 15 is 0 Å². The van der Waals surface area contributed by atoms with Crippen molar-refractivity contribution in [1.82, 2.24) is 9.80 Å². The number of methoxy groups -OCH3 is 1. The molecule has 0 aromatic rings. The summed E-state index contributed by atoms with van der Waals surface area (Å²) in [5.41, 5.74) is 0. The molecule has 1 heterocycles. The highest BCUT2D eigenvalue weighted by molar-refractivity contribution is 5.79. The minimum atomic E-state index is -1.14. The second-order valence-corrected chi connectivity index (χ2v) is 7.89. The van der Waals surface area contributed by atoms with Crippen LogP contribution >= 0.6 is 0 Å². The number of nitrogens with zero attached hydrogens (tertiary/aromatic N) is 2. The fourth-order valence-electron chi connectivity index (χ4n) is 3.67. The Morgan fingerprint density at radius 3 is 2.29 bits per heavy atom. The summed E-state index contributed by atoms with van der Waals surface area (Å²) in [5.74, 6) is 0.262. The fourth-order valence-corrected chi connectivity index (χ4v) is 3.67. The van der Waals surface area contributed by atoms with Gasteiger partial charge in [0, 0.05) is 52.7 Å². The average molecular weight is 401 g/mol. The Morgan fingerprint density at radius 1 is 1.00 bits per heavy atom. The first-order valence-corrected chi connectivity index (χ1v) is 10.4. The van der Waals surface area contributed by atoms with Crippen molar-refractivity contribution < 1.29 is 29.3 Å². The van der Waals surface area contributed by atoms with Gasteiger partial charge in [-0.2, -0.15) is 0 Å². The van der Waals surface area contributed by atoms with E-state index in [9.17, 15) is 19.8 Å². The number of ether oxygens (including phenoxy) is 2. The first kappa shape index (κ1) is 23.1. The molecule has 3 atom stereocenters. The third-order valence-corrected chi connectivity index (χ3v) is 5.80. The topological polar surface area (TPSA) is 99.5 Å². The first-order chi connectivity index (χ1) is 13.4. The largest absolute Gasteiger partial charge is 0.388 e. The molecule has 1 aliphatic carbocycles. The van der Waals surface area contributed by atoms with Gasteiger partial charge < -0.3 is 29.5 Å². The maximum Gasteiger partial charge on any atom is 0.225 e. The summed E-state index contributed by atoms with van der Waals surface area (Å²) in [7, 11) is 1.45. The lowest BCUT2D eigenvalue weighted by Crippen LogP contribution is -2.48. The Morgan fingerprint density at radius 2 is 1.68 bits per heavy atom. The van der Waals surface area contributed by atoms with Gasteiger partial charge in [0.2, 0.25) is 11.8 Å². The zero-order chi connectivity index (χ0) is 20.5. The van der Waals surface area contributed by atoms with E-state index < -0.39 is 18.3 Å². The molecule has 1 saturated carbocycles. The monoisotopic (exact) mass is 400 g/mol. The van der Waals surface area contributed by atoms with Gasteiger partial charge in [-0.1, -0.05) is 6.42 Å². The van der Waals surface area contributed by atoms with Gasteiger partial charge in [-0.3, -0.25) is 9.59 Å². The summed E-state index contributed by atoms with van der Waals surface area (Å²) in [6.07, 6.45) is 2.42. The second kappa shape index (κ2) is 11.7. The van der Waals surface area contributed by atoms with E-state index in [1.54, 1.807) is 4.90 Å². The standard InChI is InChI=1S/C20H36N2O6/c1-15(23)22-11-6-10-21(20(26)16-7-5-8-16)9-3-4-12-28-14-17(24)19(25)18(13-22)27-2/h16-19,24-25H,3-14H2,1-2H3/t17-,18-,19-/m0/s1. The molecule has 0 unspecified atom stereocenters. The van der Waals surface area contributed by atoms with Crippen molar-refractivity contribution in [2.75, 3.05) is 46.5 Å². The van der Waals surface area contributed by atoms with Gasteiger partial charge in [-0.05, 0) is 32.1 Å². The minimum absolute atomic E-state index is 0.00577. The highest BCUT2D eigenvalue weighted by Gasteiger charge is 2.31. The first-order valence-electron chi connectivity index (χ1n) is 10.4. The van der Waals surface area contributed by atoms with Crippen molar-refractivity contribution in [2.45, 2.75) is 63.8 Å². The molecule has 2 rings (SSSR count). The van der Waals surface area contributed by atoms with E-state index in [0.717, 1.165) is 32.1 Å². The van der Waals surface area contributed by atoms with Crippen LogP contribution in [-0.4, -0.2) is 96.6 Å². The van der Waals surface area contributed by atoms with Gasteiger partial charge >= 0.3 is 0 Å². The number of hydrogen-bond donors (Lipinski definition) is 2. The van der Waals surface area contributed by atoms with Gasteiger partial charge in [-0.15, -0.1) is 0 Å². The van der Waals surface area contributed by atoms with Gasteiger partial charge in [0.05, 0.1) is 6.61 Å². The summed E-state index contributed by atoms with van der Waals surface area (Å²) in [6, 6.07) is 0. The zero-order valence-corrected chi connectivity index (χ0v) is 17.2. The van der Waals surface area contributed by atoms with Crippen molar-refractivity contribution >= 4 is 11.8 Å². The van der Waals surface area contributed by atoms with Crippen LogP contribution < -0.4 is 0 Å². The lowest BCUT2D eigenvalue weighted by molar-refractivity contribution is -0.138. The van der Waals surface area contributed by atoms with E-state index in [4.69, 9.17) is 9.47 Å². The maximum atomic E-state index is 12.7. The molecule has 0 bridgehead atoms. The minimum Gasteiger partial charge on any atom is -0.388 e. The number of hydrogen-bond acceptors (Lipinski definition) is 6. The predicted octanol–water partition coefficient (Wildman–Crippen LogP) is 0.401.